The maximum Gasteiger partial charge on any atom is 0.407 e. The van der Waals surface area contributed by atoms with Crippen LogP contribution in [-0.4, -0.2) is 18.7 Å². The van der Waals surface area contributed by atoms with E-state index in [1.807, 2.05) is 0 Å². The number of fused-ring (bicyclic) bond motifs is 1. The fourth-order valence-electron chi connectivity index (χ4n) is 2.81. The molecule has 16 heavy (non-hydrogen) atoms. The number of nitrogens with one attached hydrogen (secondary N) is 1. The summed E-state index contributed by atoms with van der Waals surface area (Å²) in [6, 6.07) is 8.51. The molecule has 1 aromatic rings. The molecule has 1 N–H and O–H groups in total. The van der Waals surface area contributed by atoms with Gasteiger partial charge in [-0.2, -0.15) is 0 Å². The van der Waals surface area contributed by atoms with Gasteiger partial charge in [-0.3, -0.25) is 0 Å². The van der Waals surface area contributed by atoms with Gasteiger partial charge in [0.1, 0.15) is 6.10 Å². The molecule has 0 bridgehead atoms. The molecule has 1 amide bonds. The van der Waals surface area contributed by atoms with Crippen molar-refractivity contribution in [2.75, 3.05) is 6.54 Å². The van der Waals surface area contributed by atoms with Crippen LogP contribution in [0.3, 0.4) is 0 Å². The van der Waals surface area contributed by atoms with Crippen LogP contribution in [0.4, 0.5) is 4.79 Å². The number of cyclic esters (lactones) is 1. The standard InChI is InChI=1S/C13H15NO2/c15-13-14-8-12(16-13)11-7-3-5-9-4-1-2-6-10(9)11/h1-2,4,6,11-12H,3,5,7-8H2,(H,14,15). The predicted molar refractivity (Wildman–Crippen MR) is 60.4 cm³/mol. The number of hydrogen-bond donors (Lipinski definition) is 1. The van der Waals surface area contributed by atoms with Crippen LogP contribution in [0, 0.1) is 0 Å². The Balaban J connectivity index is 1.90. The highest BCUT2D eigenvalue weighted by atomic mass is 16.6. The largest absolute Gasteiger partial charge is 0.444 e. The average Bonchev–Trinajstić information content (AvgIpc) is 2.75. The SMILES string of the molecule is O=C1NCC(C2CCCc3ccccc32)O1. The zero-order valence-electron chi connectivity index (χ0n) is 9.11. The van der Waals surface area contributed by atoms with Crippen LogP contribution in [0.5, 0.6) is 0 Å². The highest BCUT2D eigenvalue weighted by Gasteiger charge is 2.34. The zero-order valence-corrected chi connectivity index (χ0v) is 9.11. The van der Waals surface area contributed by atoms with Crippen LogP contribution in [0.15, 0.2) is 24.3 Å². The number of hydrogen-bond acceptors (Lipinski definition) is 2. The molecule has 2 aliphatic rings. The van der Waals surface area contributed by atoms with Crippen molar-refractivity contribution in [2.45, 2.75) is 31.3 Å². The van der Waals surface area contributed by atoms with E-state index in [-0.39, 0.29) is 12.2 Å². The normalized spacial score (nSPS) is 28.1. The minimum Gasteiger partial charge on any atom is -0.444 e. The number of carbonyl (C=O) groups excluding carboxylic acids is 1. The van der Waals surface area contributed by atoms with Gasteiger partial charge in [-0.1, -0.05) is 24.3 Å². The first-order valence-electron chi connectivity index (χ1n) is 5.87. The molecule has 0 saturated carbocycles. The van der Waals surface area contributed by atoms with Crippen LogP contribution in [-0.2, 0) is 11.2 Å². The topological polar surface area (TPSA) is 38.3 Å². The summed E-state index contributed by atoms with van der Waals surface area (Å²) < 4.78 is 5.31. The Bertz CT molecular complexity index is 416. The maximum absolute atomic E-state index is 11.1. The molecule has 1 aliphatic heterocycles. The van der Waals surface area contributed by atoms with Gasteiger partial charge in [0.25, 0.3) is 0 Å². The van der Waals surface area contributed by atoms with Gasteiger partial charge in [0.05, 0.1) is 6.54 Å². The molecule has 1 saturated heterocycles. The lowest BCUT2D eigenvalue weighted by atomic mass is 9.80. The lowest BCUT2D eigenvalue weighted by Crippen LogP contribution is -2.26. The van der Waals surface area contributed by atoms with Gasteiger partial charge in [0.2, 0.25) is 0 Å². The summed E-state index contributed by atoms with van der Waals surface area (Å²) in [7, 11) is 0. The molecule has 1 fully saturated rings. The van der Waals surface area contributed by atoms with Crippen LogP contribution in [0.25, 0.3) is 0 Å². The third-order valence-electron chi connectivity index (χ3n) is 3.57. The van der Waals surface area contributed by atoms with E-state index in [0.29, 0.717) is 12.5 Å². The van der Waals surface area contributed by atoms with Gasteiger partial charge >= 0.3 is 6.09 Å². The predicted octanol–water partition coefficient (Wildman–Crippen LogP) is 2.21. The molecule has 2 atom stereocenters. The molecule has 84 valence electrons. The smallest absolute Gasteiger partial charge is 0.407 e. The summed E-state index contributed by atoms with van der Waals surface area (Å²) in [4.78, 5) is 11.1. The van der Waals surface area contributed by atoms with Gasteiger partial charge in [0, 0.05) is 5.92 Å². The summed E-state index contributed by atoms with van der Waals surface area (Å²) in [6.45, 7) is 0.651. The third kappa shape index (κ3) is 1.56. The molecule has 0 radical (unpaired) electrons. The Labute approximate surface area is 94.8 Å². The summed E-state index contributed by atoms with van der Waals surface area (Å²) in [5.74, 6) is 0.379. The molecule has 1 heterocycles. The van der Waals surface area contributed by atoms with Crippen molar-refractivity contribution in [3.8, 4) is 0 Å². The molecule has 0 spiro atoms. The van der Waals surface area contributed by atoms with Crippen molar-refractivity contribution in [2.24, 2.45) is 0 Å². The van der Waals surface area contributed by atoms with Crippen molar-refractivity contribution in [1.29, 1.82) is 0 Å². The van der Waals surface area contributed by atoms with Crippen molar-refractivity contribution < 1.29 is 9.53 Å². The van der Waals surface area contributed by atoms with Crippen molar-refractivity contribution in [1.82, 2.24) is 5.32 Å². The number of carbonyl (C=O) groups is 1. The van der Waals surface area contributed by atoms with E-state index in [0.717, 1.165) is 12.8 Å². The van der Waals surface area contributed by atoms with Crippen molar-refractivity contribution >= 4 is 6.09 Å². The van der Waals surface area contributed by atoms with E-state index in [1.54, 1.807) is 0 Å². The monoisotopic (exact) mass is 217 g/mol. The number of rotatable bonds is 1. The Morgan fingerprint density at radius 1 is 1.31 bits per heavy atom. The lowest BCUT2D eigenvalue weighted by Gasteiger charge is -2.28. The van der Waals surface area contributed by atoms with Crippen LogP contribution in [0.2, 0.25) is 0 Å². The molecular formula is C13H15NO2. The lowest BCUT2D eigenvalue weighted by molar-refractivity contribution is 0.121. The molecular weight excluding hydrogens is 202 g/mol. The second-order valence-corrected chi connectivity index (χ2v) is 4.52. The van der Waals surface area contributed by atoms with E-state index in [1.165, 1.54) is 17.5 Å². The van der Waals surface area contributed by atoms with E-state index in [9.17, 15) is 4.79 Å². The van der Waals surface area contributed by atoms with Crippen molar-refractivity contribution in [3.05, 3.63) is 35.4 Å². The molecule has 1 aromatic carbocycles. The van der Waals surface area contributed by atoms with Gasteiger partial charge in [-0.15, -0.1) is 0 Å². The minimum absolute atomic E-state index is 0.0222. The quantitative estimate of drug-likeness (QED) is 0.783. The molecule has 3 rings (SSSR count). The summed E-state index contributed by atoms with van der Waals surface area (Å²) >= 11 is 0. The maximum atomic E-state index is 11.1. The molecule has 1 aliphatic carbocycles. The van der Waals surface area contributed by atoms with Crippen LogP contribution in [0.1, 0.15) is 29.9 Å². The van der Waals surface area contributed by atoms with Gasteiger partial charge < -0.3 is 10.1 Å². The second kappa shape index (κ2) is 3.81. The van der Waals surface area contributed by atoms with E-state index in [2.05, 4.69) is 29.6 Å². The molecule has 3 heteroatoms. The molecule has 2 unspecified atom stereocenters. The number of amides is 1. The highest BCUT2D eigenvalue weighted by Crippen LogP contribution is 2.35. The first-order valence-corrected chi connectivity index (χ1v) is 5.87. The van der Waals surface area contributed by atoms with E-state index >= 15 is 0 Å². The first kappa shape index (κ1) is 9.70. The van der Waals surface area contributed by atoms with Gasteiger partial charge in [-0.05, 0) is 30.4 Å². The van der Waals surface area contributed by atoms with Gasteiger partial charge in [-0.25, -0.2) is 4.79 Å². The third-order valence-corrected chi connectivity index (χ3v) is 3.57. The minimum atomic E-state index is -0.270. The Morgan fingerprint density at radius 2 is 2.19 bits per heavy atom. The van der Waals surface area contributed by atoms with E-state index in [4.69, 9.17) is 4.74 Å². The Hall–Kier alpha value is -1.51. The Morgan fingerprint density at radius 3 is 3.00 bits per heavy atom. The fraction of sp³-hybridized carbons (Fsp3) is 0.462. The van der Waals surface area contributed by atoms with Gasteiger partial charge in [0.15, 0.2) is 0 Å². The van der Waals surface area contributed by atoms with Crippen LogP contribution >= 0.6 is 0 Å². The fourth-order valence-corrected chi connectivity index (χ4v) is 2.81. The Kier molecular flexibility index (Phi) is 2.31. The first-order chi connectivity index (χ1) is 7.84. The number of aryl methyl sites for hydroxylation is 1. The highest BCUT2D eigenvalue weighted by molar-refractivity contribution is 5.69. The second-order valence-electron chi connectivity index (χ2n) is 4.52. The number of benzene rings is 1. The zero-order chi connectivity index (χ0) is 11.0. The summed E-state index contributed by atoms with van der Waals surface area (Å²) in [6.07, 6.45) is 3.22. The van der Waals surface area contributed by atoms with Crippen molar-refractivity contribution in [3.63, 3.8) is 0 Å². The molecule has 3 nitrogen and oxygen atoms in total. The molecule has 0 aromatic heterocycles. The average molecular weight is 217 g/mol. The summed E-state index contributed by atoms with van der Waals surface area (Å²) in [5.41, 5.74) is 2.79. The van der Waals surface area contributed by atoms with Crippen LogP contribution < -0.4 is 5.32 Å². The number of ether oxygens (including phenoxy) is 1. The number of alkyl carbamates (subject to hydrolysis) is 1. The van der Waals surface area contributed by atoms with E-state index < -0.39 is 0 Å². The summed E-state index contributed by atoms with van der Waals surface area (Å²) in [5, 5.41) is 2.74.